The SMILES string of the molecule is FC(F)(F)OC=CCOc1cccc(Br)c1. The Hall–Kier alpha value is -1.17. The number of rotatable bonds is 4. The summed E-state index contributed by atoms with van der Waals surface area (Å²) in [7, 11) is 0. The van der Waals surface area contributed by atoms with Gasteiger partial charge in [-0.3, -0.25) is 0 Å². The van der Waals surface area contributed by atoms with Crippen molar-refractivity contribution in [3.63, 3.8) is 0 Å². The molecule has 16 heavy (non-hydrogen) atoms. The van der Waals surface area contributed by atoms with Gasteiger partial charge in [0.2, 0.25) is 0 Å². The highest BCUT2D eigenvalue weighted by Gasteiger charge is 2.28. The van der Waals surface area contributed by atoms with Crippen molar-refractivity contribution in [1.29, 1.82) is 0 Å². The fraction of sp³-hybridized carbons (Fsp3) is 0.200. The van der Waals surface area contributed by atoms with E-state index in [4.69, 9.17) is 4.74 Å². The molecular formula is C10H8BrF3O2. The highest BCUT2D eigenvalue weighted by molar-refractivity contribution is 9.10. The molecule has 0 fully saturated rings. The van der Waals surface area contributed by atoms with Crippen molar-refractivity contribution in [2.75, 3.05) is 6.61 Å². The standard InChI is InChI=1S/C10H8BrF3O2/c11-8-3-1-4-9(7-8)15-5-2-6-16-10(12,13)14/h1-4,6-7H,5H2. The zero-order valence-electron chi connectivity index (χ0n) is 8.00. The molecule has 2 nitrogen and oxygen atoms in total. The van der Waals surface area contributed by atoms with Gasteiger partial charge in [-0.25, -0.2) is 0 Å². The van der Waals surface area contributed by atoms with Crippen molar-refractivity contribution in [3.05, 3.63) is 41.1 Å². The molecule has 0 saturated heterocycles. The van der Waals surface area contributed by atoms with Crippen LogP contribution in [-0.2, 0) is 4.74 Å². The van der Waals surface area contributed by atoms with Crippen molar-refractivity contribution in [3.8, 4) is 5.75 Å². The first kappa shape index (κ1) is 12.9. The molecule has 0 saturated carbocycles. The molecular weight excluding hydrogens is 289 g/mol. The summed E-state index contributed by atoms with van der Waals surface area (Å²) in [6, 6.07) is 6.98. The summed E-state index contributed by atoms with van der Waals surface area (Å²) >= 11 is 3.24. The second-order valence-corrected chi connectivity index (χ2v) is 3.62. The van der Waals surface area contributed by atoms with Gasteiger partial charge in [-0.15, -0.1) is 13.2 Å². The fourth-order valence-corrected chi connectivity index (χ4v) is 1.24. The van der Waals surface area contributed by atoms with E-state index >= 15 is 0 Å². The van der Waals surface area contributed by atoms with Gasteiger partial charge in [-0.2, -0.15) is 0 Å². The molecule has 0 spiro atoms. The van der Waals surface area contributed by atoms with E-state index in [1.54, 1.807) is 18.2 Å². The third-order valence-electron chi connectivity index (χ3n) is 1.44. The van der Waals surface area contributed by atoms with Crippen molar-refractivity contribution in [2.45, 2.75) is 6.36 Å². The number of hydrogen-bond donors (Lipinski definition) is 0. The lowest BCUT2D eigenvalue weighted by molar-refractivity contribution is -0.298. The van der Waals surface area contributed by atoms with Gasteiger partial charge in [-0.05, 0) is 24.3 Å². The monoisotopic (exact) mass is 296 g/mol. The Labute approximate surface area is 98.8 Å². The van der Waals surface area contributed by atoms with Gasteiger partial charge in [0.15, 0.2) is 0 Å². The van der Waals surface area contributed by atoms with E-state index in [2.05, 4.69) is 20.7 Å². The van der Waals surface area contributed by atoms with Crippen LogP contribution in [0, 0.1) is 0 Å². The lowest BCUT2D eigenvalue weighted by Crippen LogP contribution is -2.08. The number of alkyl halides is 3. The molecule has 0 atom stereocenters. The van der Waals surface area contributed by atoms with Gasteiger partial charge in [0.1, 0.15) is 12.4 Å². The molecule has 0 N–H and O–H groups in total. The first-order valence-corrected chi connectivity index (χ1v) is 5.04. The van der Waals surface area contributed by atoms with Gasteiger partial charge in [-0.1, -0.05) is 22.0 Å². The summed E-state index contributed by atoms with van der Waals surface area (Å²) in [5.41, 5.74) is 0. The van der Waals surface area contributed by atoms with Crippen LogP contribution in [-0.4, -0.2) is 13.0 Å². The van der Waals surface area contributed by atoms with Crippen molar-refractivity contribution in [2.24, 2.45) is 0 Å². The topological polar surface area (TPSA) is 18.5 Å². The average molecular weight is 297 g/mol. The van der Waals surface area contributed by atoms with Crippen molar-refractivity contribution >= 4 is 15.9 Å². The summed E-state index contributed by atoms with van der Waals surface area (Å²) in [6.45, 7) is 0.00648. The van der Waals surface area contributed by atoms with E-state index in [9.17, 15) is 13.2 Å². The van der Waals surface area contributed by atoms with Crippen LogP contribution in [0.5, 0.6) is 5.75 Å². The Morgan fingerprint density at radius 1 is 1.31 bits per heavy atom. The minimum absolute atomic E-state index is 0.00648. The third-order valence-corrected chi connectivity index (χ3v) is 1.93. The lowest BCUT2D eigenvalue weighted by atomic mass is 10.3. The summed E-state index contributed by atoms with van der Waals surface area (Å²) in [5.74, 6) is 0.561. The summed E-state index contributed by atoms with van der Waals surface area (Å²) in [4.78, 5) is 0. The molecule has 0 aromatic heterocycles. The van der Waals surface area contributed by atoms with E-state index in [1.165, 1.54) is 0 Å². The zero-order valence-corrected chi connectivity index (χ0v) is 9.59. The van der Waals surface area contributed by atoms with Crippen LogP contribution in [0.4, 0.5) is 13.2 Å². The van der Waals surface area contributed by atoms with Crippen LogP contribution in [0.15, 0.2) is 41.1 Å². The molecule has 6 heteroatoms. The van der Waals surface area contributed by atoms with Gasteiger partial charge in [0, 0.05) is 4.47 Å². The maximum atomic E-state index is 11.5. The van der Waals surface area contributed by atoms with Gasteiger partial charge >= 0.3 is 6.36 Å². The van der Waals surface area contributed by atoms with E-state index in [-0.39, 0.29) is 6.61 Å². The minimum Gasteiger partial charge on any atom is -0.489 e. The van der Waals surface area contributed by atoms with E-state index in [1.807, 2.05) is 6.07 Å². The highest BCUT2D eigenvalue weighted by atomic mass is 79.9. The minimum atomic E-state index is -4.65. The maximum absolute atomic E-state index is 11.5. The Balaban J connectivity index is 2.31. The first-order valence-electron chi connectivity index (χ1n) is 4.25. The average Bonchev–Trinajstić information content (AvgIpc) is 2.15. The van der Waals surface area contributed by atoms with Crippen LogP contribution in [0.3, 0.4) is 0 Å². The molecule has 0 unspecified atom stereocenters. The summed E-state index contributed by atoms with van der Waals surface area (Å²) in [5, 5.41) is 0. The van der Waals surface area contributed by atoms with Crippen LogP contribution >= 0.6 is 15.9 Å². The second-order valence-electron chi connectivity index (χ2n) is 2.70. The summed E-state index contributed by atoms with van der Waals surface area (Å²) in [6.07, 6.45) is -2.96. The third kappa shape index (κ3) is 5.65. The van der Waals surface area contributed by atoms with Crippen LogP contribution in [0.2, 0.25) is 0 Å². The molecule has 0 aliphatic heterocycles. The maximum Gasteiger partial charge on any atom is 0.572 e. The Morgan fingerprint density at radius 3 is 2.69 bits per heavy atom. The smallest absolute Gasteiger partial charge is 0.489 e. The molecule has 0 heterocycles. The number of ether oxygens (including phenoxy) is 2. The largest absolute Gasteiger partial charge is 0.572 e. The van der Waals surface area contributed by atoms with E-state index in [0.717, 1.165) is 10.5 Å². The number of hydrogen-bond acceptors (Lipinski definition) is 2. The highest BCUT2D eigenvalue weighted by Crippen LogP contribution is 2.18. The molecule has 0 amide bonds. The summed E-state index contributed by atoms with van der Waals surface area (Å²) < 4.78 is 44.0. The molecule has 88 valence electrons. The lowest BCUT2D eigenvalue weighted by Gasteiger charge is -2.04. The van der Waals surface area contributed by atoms with Gasteiger partial charge < -0.3 is 9.47 Å². The molecule has 1 rings (SSSR count). The van der Waals surface area contributed by atoms with E-state index in [0.29, 0.717) is 12.0 Å². The fourth-order valence-electron chi connectivity index (χ4n) is 0.866. The molecule has 1 aromatic rings. The molecule has 0 radical (unpaired) electrons. The van der Waals surface area contributed by atoms with E-state index < -0.39 is 6.36 Å². The Morgan fingerprint density at radius 2 is 2.06 bits per heavy atom. The van der Waals surface area contributed by atoms with Crippen LogP contribution < -0.4 is 4.74 Å². The molecule has 0 aliphatic carbocycles. The molecule has 0 bridgehead atoms. The van der Waals surface area contributed by atoms with Crippen molar-refractivity contribution in [1.82, 2.24) is 0 Å². The molecule has 0 aliphatic rings. The zero-order chi connectivity index (χ0) is 12.0. The Bertz CT molecular complexity index is 363. The second kappa shape index (κ2) is 5.79. The number of halogens is 4. The van der Waals surface area contributed by atoms with Crippen molar-refractivity contribution < 1.29 is 22.6 Å². The van der Waals surface area contributed by atoms with Crippen LogP contribution in [0.25, 0.3) is 0 Å². The number of benzene rings is 1. The predicted octanol–water partition coefficient (Wildman–Crippen LogP) is 3.88. The van der Waals surface area contributed by atoms with Crippen LogP contribution in [0.1, 0.15) is 0 Å². The quantitative estimate of drug-likeness (QED) is 0.785. The Kier molecular flexibility index (Phi) is 4.67. The molecule has 1 aromatic carbocycles. The first-order chi connectivity index (χ1) is 7.47. The van der Waals surface area contributed by atoms with Gasteiger partial charge in [0.25, 0.3) is 0 Å². The normalized spacial score (nSPS) is 11.8. The van der Waals surface area contributed by atoms with Gasteiger partial charge in [0.05, 0.1) is 6.26 Å². The predicted molar refractivity (Wildman–Crippen MR) is 55.9 cm³/mol.